The SMILES string of the molecule is CSCCC(NC(=O)CSc1nncn1-c1ccc(C)c(C)c1)c1nnc2ccccn12. The zero-order chi connectivity index (χ0) is 22.5. The quantitative estimate of drug-likeness (QED) is 0.376. The summed E-state index contributed by atoms with van der Waals surface area (Å²) in [5.74, 6) is 1.80. The number of pyridine rings is 1. The Kier molecular flexibility index (Phi) is 7.11. The Morgan fingerprint density at radius 1 is 1.12 bits per heavy atom. The second-order valence-electron chi connectivity index (χ2n) is 7.43. The van der Waals surface area contributed by atoms with Crippen molar-refractivity contribution in [3.63, 3.8) is 0 Å². The number of benzene rings is 1. The van der Waals surface area contributed by atoms with E-state index >= 15 is 0 Å². The van der Waals surface area contributed by atoms with Crippen LogP contribution in [0.5, 0.6) is 0 Å². The van der Waals surface area contributed by atoms with Gasteiger partial charge in [-0.2, -0.15) is 11.8 Å². The van der Waals surface area contributed by atoms with Gasteiger partial charge in [-0.05, 0) is 67.7 Å². The fourth-order valence-corrected chi connectivity index (χ4v) is 4.55. The third kappa shape index (κ3) is 4.97. The highest BCUT2D eigenvalue weighted by Gasteiger charge is 2.21. The molecule has 0 aliphatic heterocycles. The number of aryl methyl sites for hydroxylation is 2. The van der Waals surface area contributed by atoms with Crippen LogP contribution in [-0.4, -0.2) is 53.0 Å². The Morgan fingerprint density at radius 3 is 2.81 bits per heavy atom. The van der Waals surface area contributed by atoms with Gasteiger partial charge in [-0.3, -0.25) is 13.8 Å². The first kappa shape index (κ1) is 22.3. The smallest absolute Gasteiger partial charge is 0.231 e. The summed E-state index contributed by atoms with van der Waals surface area (Å²) in [5, 5.41) is 20.6. The Bertz CT molecular complexity index is 1220. The number of nitrogens with one attached hydrogen (secondary N) is 1. The maximum atomic E-state index is 12.8. The largest absolute Gasteiger partial charge is 0.345 e. The van der Waals surface area contributed by atoms with E-state index in [4.69, 9.17) is 0 Å². The number of aromatic nitrogens is 6. The number of amides is 1. The molecule has 0 radical (unpaired) electrons. The van der Waals surface area contributed by atoms with Gasteiger partial charge in [0.05, 0.1) is 11.8 Å². The summed E-state index contributed by atoms with van der Waals surface area (Å²) in [6, 6.07) is 11.7. The third-order valence-electron chi connectivity index (χ3n) is 5.22. The molecule has 3 heterocycles. The standard InChI is InChI=1S/C22H25N7OS2/c1-15-7-8-17(12-16(15)2)29-14-23-27-22(29)32-13-20(30)24-18(9-11-31-3)21-26-25-19-6-4-5-10-28(19)21/h4-8,10,12,14,18H,9,11,13H2,1-3H3,(H,24,30). The van der Waals surface area contributed by atoms with Crippen LogP contribution in [0.15, 0.2) is 54.1 Å². The predicted octanol–water partition coefficient (Wildman–Crippen LogP) is 3.63. The molecule has 0 aliphatic carbocycles. The van der Waals surface area contributed by atoms with Gasteiger partial charge in [0.15, 0.2) is 16.6 Å². The van der Waals surface area contributed by atoms with Crippen LogP contribution >= 0.6 is 23.5 Å². The topological polar surface area (TPSA) is 90.0 Å². The van der Waals surface area contributed by atoms with E-state index in [1.807, 2.05) is 39.4 Å². The zero-order valence-electron chi connectivity index (χ0n) is 18.2. The average Bonchev–Trinajstić information content (AvgIpc) is 3.44. The first-order valence-electron chi connectivity index (χ1n) is 10.2. The number of carbonyl (C=O) groups is 1. The molecule has 1 unspecified atom stereocenters. The van der Waals surface area contributed by atoms with Gasteiger partial charge in [0.25, 0.3) is 0 Å². The molecule has 0 saturated carbocycles. The van der Waals surface area contributed by atoms with Gasteiger partial charge >= 0.3 is 0 Å². The number of fused-ring (bicyclic) bond motifs is 1. The van der Waals surface area contributed by atoms with Crippen molar-refractivity contribution < 1.29 is 4.79 Å². The lowest BCUT2D eigenvalue weighted by atomic mass is 10.1. The summed E-state index contributed by atoms with van der Waals surface area (Å²) >= 11 is 3.10. The fourth-order valence-electron chi connectivity index (χ4n) is 3.34. The van der Waals surface area contributed by atoms with E-state index in [-0.39, 0.29) is 17.7 Å². The number of hydrogen-bond donors (Lipinski definition) is 1. The summed E-state index contributed by atoms with van der Waals surface area (Å²) in [6.45, 7) is 4.16. The molecule has 0 aliphatic rings. The number of rotatable bonds is 9. The minimum Gasteiger partial charge on any atom is -0.345 e. The summed E-state index contributed by atoms with van der Waals surface area (Å²) < 4.78 is 3.83. The summed E-state index contributed by atoms with van der Waals surface area (Å²) in [5.41, 5.74) is 4.17. The molecule has 8 nitrogen and oxygen atoms in total. The zero-order valence-corrected chi connectivity index (χ0v) is 19.9. The van der Waals surface area contributed by atoms with Crippen molar-refractivity contribution in [2.24, 2.45) is 0 Å². The van der Waals surface area contributed by atoms with E-state index < -0.39 is 0 Å². The molecule has 4 rings (SSSR count). The van der Waals surface area contributed by atoms with Gasteiger partial charge in [-0.15, -0.1) is 20.4 Å². The maximum absolute atomic E-state index is 12.8. The molecule has 0 spiro atoms. The van der Waals surface area contributed by atoms with E-state index in [9.17, 15) is 4.79 Å². The van der Waals surface area contributed by atoms with E-state index in [0.29, 0.717) is 5.16 Å². The number of hydrogen-bond acceptors (Lipinski definition) is 7. The molecule has 3 aromatic heterocycles. The Hall–Kier alpha value is -2.85. The van der Waals surface area contributed by atoms with E-state index in [0.717, 1.165) is 29.3 Å². The van der Waals surface area contributed by atoms with Gasteiger partial charge in [0, 0.05) is 11.9 Å². The molecular weight excluding hydrogens is 442 g/mol. The normalized spacial score (nSPS) is 12.2. The first-order valence-corrected chi connectivity index (χ1v) is 12.6. The predicted molar refractivity (Wildman–Crippen MR) is 128 cm³/mol. The van der Waals surface area contributed by atoms with Crippen LogP contribution in [0.1, 0.15) is 29.4 Å². The van der Waals surface area contributed by atoms with E-state index in [2.05, 4.69) is 57.9 Å². The summed E-state index contributed by atoms with van der Waals surface area (Å²) in [7, 11) is 0. The molecule has 1 N–H and O–H groups in total. The van der Waals surface area contributed by atoms with Gasteiger partial charge in [0.2, 0.25) is 5.91 Å². The van der Waals surface area contributed by atoms with E-state index in [1.165, 1.54) is 22.9 Å². The maximum Gasteiger partial charge on any atom is 0.231 e. The Balaban J connectivity index is 1.45. The molecule has 1 aromatic carbocycles. The molecular formula is C22H25N7OS2. The van der Waals surface area contributed by atoms with Crippen molar-refractivity contribution in [3.8, 4) is 5.69 Å². The lowest BCUT2D eigenvalue weighted by molar-refractivity contribution is -0.119. The molecule has 166 valence electrons. The molecule has 0 saturated heterocycles. The second-order valence-corrected chi connectivity index (χ2v) is 9.36. The van der Waals surface area contributed by atoms with Crippen LogP contribution in [-0.2, 0) is 4.79 Å². The fraction of sp³-hybridized carbons (Fsp3) is 0.318. The highest BCUT2D eigenvalue weighted by Crippen LogP contribution is 2.22. The van der Waals surface area contributed by atoms with E-state index in [1.54, 1.807) is 18.1 Å². The first-order chi connectivity index (χ1) is 15.6. The van der Waals surface area contributed by atoms with Crippen LogP contribution in [0.2, 0.25) is 0 Å². The molecule has 32 heavy (non-hydrogen) atoms. The van der Waals surface area contributed by atoms with Crippen molar-refractivity contribution in [2.45, 2.75) is 31.5 Å². The molecule has 0 bridgehead atoms. The molecule has 10 heteroatoms. The van der Waals surface area contributed by atoms with Gasteiger partial charge in [-0.1, -0.05) is 23.9 Å². The number of carbonyl (C=O) groups excluding carboxylic acids is 1. The van der Waals surface area contributed by atoms with Crippen molar-refractivity contribution in [1.29, 1.82) is 0 Å². The third-order valence-corrected chi connectivity index (χ3v) is 6.80. The lowest BCUT2D eigenvalue weighted by Gasteiger charge is -2.17. The molecule has 0 fully saturated rings. The van der Waals surface area contributed by atoms with Crippen LogP contribution in [0.3, 0.4) is 0 Å². The minimum absolute atomic E-state index is 0.0802. The lowest BCUT2D eigenvalue weighted by Crippen LogP contribution is -2.31. The highest BCUT2D eigenvalue weighted by atomic mass is 32.2. The number of thioether (sulfide) groups is 2. The Morgan fingerprint density at radius 2 is 2.00 bits per heavy atom. The molecule has 4 aromatic rings. The van der Waals surface area contributed by atoms with Crippen molar-refractivity contribution >= 4 is 35.1 Å². The van der Waals surface area contributed by atoms with Gasteiger partial charge in [-0.25, -0.2) is 0 Å². The molecule has 1 atom stereocenters. The highest BCUT2D eigenvalue weighted by molar-refractivity contribution is 7.99. The minimum atomic E-state index is -0.217. The number of nitrogens with zero attached hydrogens (tertiary/aromatic N) is 6. The van der Waals surface area contributed by atoms with Crippen molar-refractivity contribution in [1.82, 2.24) is 34.7 Å². The van der Waals surface area contributed by atoms with Crippen LogP contribution in [0, 0.1) is 13.8 Å². The van der Waals surface area contributed by atoms with Crippen LogP contribution in [0.4, 0.5) is 0 Å². The molecule has 1 amide bonds. The van der Waals surface area contributed by atoms with Gasteiger partial charge < -0.3 is 5.32 Å². The van der Waals surface area contributed by atoms with Crippen LogP contribution < -0.4 is 5.32 Å². The monoisotopic (exact) mass is 467 g/mol. The summed E-state index contributed by atoms with van der Waals surface area (Å²) in [4.78, 5) is 12.8. The Labute approximate surface area is 195 Å². The second kappa shape index (κ2) is 10.2. The van der Waals surface area contributed by atoms with Crippen LogP contribution in [0.25, 0.3) is 11.3 Å². The average molecular weight is 468 g/mol. The van der Waals surface area contributed by atoms with Gasteiger partial charge in [0.1, 0.15) is 6.33 Å². The summed E-state index contributed by atoms with van der Waals surface area (Å²) in [6.07, 6.45) is 6.42. The van der Waals surface area contributed by atoms with Crippen molar-refractivity contribution in [3.05, 3.63) is 65.9 Å². The van der Waals surface area contributed by atoms with Crippen molar-refractivity contribution in [2.75, 3.05) is 17.8 Å².